The van der Waals surface area contributed by atoms with Gasteiger partial charge in [0.25, 0.3) is 0 Å². The summed E-state index contributed by atoms with van der Waals surface area (Å²) in [4.78, 5) is 35.4. The third kappa shape index (κ3) is 9.43. The van der Waals surface area contributed by atoms with Crippen LogP contribution >= 0.6 is 0 Å². The van der Waals surface area contributed by atoms with Crippen molar-refractivity contribution in [2.45, 2.75) is 62.9 Å². The van der Waals surface area contributed by atoms with Crippen LogP contribution in [0.2, 0.25) is 0 Å². The quantitative estimate of drug-likeness (QED) is 0.0845. The van der Waals surface area contributed by atoms with Gasteiger partial charge in [-0.2, -0.15) is 34.8 Å². The first-order valence-electron chi connectivity index (χ1n) is 12.1. The van der Waals surface area contributed by atoms with Crippen LogP contribution in [0.5, 0.6) is 5.75 Å². The molecule has 0 aromatic heterocycles. The van der Waals surface area contributed by atoms with Crippen molar-refractivity contribution in [3.63, 3.8) is 0 Å². The molecule has 1 rings (SSSR count). The topological polar surface area (TPSA) is 182 Å². The van der Waals surface area contributed by atoms with Gasteiger partial charge in [0.05, 0.1) is 11.8 Å². The molecule has 0 saturated heterocycles. The molecule has 1 N–H and O–H groups in total. The van der Waals surface area contributed by atoms with Gasteiger partial charge in [-0.3, -0.25) is 14.4 Å². The van der Waals surface area contributed by atoms with E-state index in [-0.39, 0.29) is 39.0 Å². The maximum absolute atomic E-state index is 13.8. The Hall–Kier alpha value is -3.13. The molecular formula is C23H28F6NO11S2-. The van der Waals surface area contributed by atoms with Gasteiger partial charge in [0.2, 0.25) is 5.91 Å². The Morgan fingerprint density at radius 1 is 0.860 bits per heavy atom. The maximum atomic E-state index is 13.8. The molecular weight excluding hydrogens is 644 g/mol. The van der Waals surface area contributed by atoms with E-state index >= 15 is 0 Å². The van der Waals surface area contributed by atoms with Crippen molar-refractivity contribution in [1.29, 1.82) is 0 Å². The van der Waals surface area contributed by atoms with Gasteiger partial charge in [0.15, 0.2) is 10.1 Å². The number of nitrogens with one attached hydrogen (secondary N) is 1. The van der Waals surface area contributed by atoms with E-state index in [2.05, 4.69) is 9.50 Å². The van der Waals surface area contributed by atoms with Gasteiger partial charge in [-0.15, -0.1) is 0 Å². The molecule has 0 aliphatic heterocycles. The summed E-state index contributed by atoms with van der Waals surface area (Å²) in [7, 11) is -14.4. The average Bonchev–Trinajstić information content (AvgIpc) is 2.89. The van der Waals surface area contributed by atoms with Crippen LogP contribution in [-0.4, -0.2) is 75.4 Å². The molecule has 12 nitrogen and oxygen atoms in total. The fourth-order valence-electron chi connectivity index (χ4n) is 2.73. The minimum absolute atomic E-state index is 0.0431. The second-order valence-corrected chi connectivity index (χ2v) is 12.4. The largest absolute Gasteiger partial charge is 0.743 e. The molecule has 0 saturated carbocycles. The van der Waals surface area contributed by atoms with Crippen LogP contribution in [0, 0.1) is 5.41 Å². The fourth-order valence-corrected chi connectivity index (χ4v) is 4.14. The van der Waals surface area contributed by atoms with Crippen LogP contribution in [0.3, 0.4) is 0 Å². The van der Waals surface area contributed by atoms with Gasteiger partial charge in [-0.25, -0.2) is 8.42 Å². The summed E-state index contributed by atoms with van der Waals surface area (Å²) < 4.78 is 149. The Labute approximate surface area is 242 Å². The second kappa shape index (κ2) is 14.1. The second-order valence-electron chi connectivity index (χ2n) is 9.44. The summed E-state index contributed by atoms with van der Waals surface area (Å²) in [5.41, 5.74) is -0.375. The van der Waals surface area contributed by atoms with Crippen molar-refractivity contribution < 1.29 is 75.8 Å². The number of alkyl halides is 6. The number of carbonyl (C=O) groups is 3. The standard InChI is InChI=1S/C23H29F6NO11S2/c1-4-20(2,3)19(33)40-14-13-39-18(32)10-9-17(31)30-12-11-15-5-7-16(8-6-15)41-43(37,38)23(28,29)21(24,25)22(26,27)42(34,35)36/h5-8H,4,9-14H2,1-3H3,(H,30,31)(H,34,35,36)/p-1. The summed E-state index contributed by atoms with van der Waals surface area (Å²) in [6, 6.07) is 3.41. The molecule has 1 amide bonds. The number of halogens is 6. The van der Waals surface area contributed by atoms with Gasteiger partial charge in [-0.05, 0) is 44.4 Å². The molecule has 43 heavy (non-hydrogen) atoms. The monoisotopic (exact) mass is 672 g/mol. The highest BCUT2D eigenvalue weighted by Crippen LogP contribution is 2.50. The number of amides is 1. The summed E-state index contributed by atoms with van der Waals surface area (Å²) in [6.45, 7) is 4.79. The smallest absolute Gasteiger partial charge is 0.450 e. The van der Waals surface area contributed by atoms with Gasteiger partial charge in [-0.1, -0.05) is 19.1 Å². The third-order valence-electron chi connectivity index (χ3n) is 5.80. The van der Waals surface area contributed by atoms with Crippen LogP contribution in [0.4, 0.5) is 26.3 Å². The first-order chi connectivity index (χ1) is 19.4. The Morgan fingerprint density at radius 2 is 1.40 bits per heavy atom. The number of ether oxygens (including phenoxy) is 2. The number of carbonyl (C=O) groups excluding carboxylic acids is 3. The predicted molar refractivity (Wildman–Crippen MR) is 132 cm³/mol. The Balaban J connectivity index is 2.56. The molecule has 0 aliphatic carbocycles. The zero-order valence-corrected chi connectivity index (χ0v) is 24.5. The molecule has 0 heterocycles. The molecule has 0 spiro atoms. The van der Waals surface area contributed by atoms with E-state index < -0.39 is 65.7 Å². The van der Waals surface area contributed by atoms with Gasteiger partial charge >= 0.3 is 38.5 Å². The lowest BCUT2D eigenvalue weighted by molar-refractivity contribution is -0.247. The minimum Gasteiger partial charge on any atom is -0.743 e. The molecule has 1 aromatic rings. The van der Waals surface area contributed by atoms with Crippen LogP contribution in [-0.2, 0) is 50.5 Å². The summed E-state index contributed by atoms with van der Waals surface area (Å²) in [6.07, 6.45) is 0.0312. The Bertz CT molecular complexity index is 1370. The average molecular weight is 673 g/mol. The molecule has 0 radical (unpaired) electrons. The lowest BCUT2D eigenvalue weighted by atomic mass is 9.91. The summed E-state index contributed by atoms with van der Waals surface area (Å²) in [5.74, 6) is -10.0. The van der Waals surface area contributed by atoms with Crippen molar-refractivity contribution in [2.24, 2.45) is 5.41 Å². The molecule has 246 valence electrons. The molecule has 0 bridgehead atoms. The number of hydrogen-bond acceptors (Lipinski definition) is 11. The zero-order valence-electron chi connectivity index (χ0n) is 22.8. The van der Waals surface area contributed by atoms with E-state index in [9.17, 15) is 62.1 Å². The minimum atomic E-state index is -7.42. The molecule has 0 unspecified atom stereocenters. The summed E-state index contributed by atoms with van der Waals surface area (Å²) in [5, 5.41) is -11.4. The Morgan fingerprint density at radius 3 is 1.91 bits per heavy atom. The van der Waals surface area contributed by atoms with Crippen LogP contribution < -0.4 is 9.50 Å². The predicted octanol–water partition coefficient (Wildman–Crippen LogP) is 2.72. The van der Waals surface area contributed by atoms with E-state index in [4.69, 9.17) is 9.47 Å². The molecule has 20 heteroatoms. The van der Waals surface area contributed by atoms with Crippen molar-refractivity contribution in [3.05, 3.63) is 29.8 Å². The van der Waals surface area contributed by atoms with E-state index in [0.717, 1.165) is 12.1 Å². The highest BCUT2D eigenvalue weighted by Gasteiger charge is 2.81. The van der Waals surface area contributed by atoms with Crippen LogP contribution in [0.25, 0.3) is 0 Å². The van der Waals surface area contributed by atoms with Crippen molar-refractivity contribution in [3.8, 4) is 5.75 Å². The summed E-state index contributed by atoms with van der Waals surface area (Å²) >= 11 is 0. The number of hydrogen-bond donors (Lipinski definition) is 1. The van der Waals surface area contributed by atoms with E-state index in [1.165, 1.54) is 0 Å². The van der Waals surface area contributed by atoms with Crippen molar-refractivity contribution >= 4 is 38.1 Å². The fraction of sp³-hybridized carbons (Fsp3) is 0.609. The van der Waals surface area contributed by atoms with E-state index in [1.54, 1.807) is 13.8 Å². The third-order valence-corrected chi connectivity index (χ3v) is 7.98. The van der Waals surface area contributed by atoms with Crippen molar-refractivity contribution in [1.82, 2.24) is 5.32 Å². The molecule has 0 aliphatic rings. The molecule has 1 aromatic carbocycles. The number of benzene rings is 1. The number of rotatable bonds is 17. The highest BCUT2D eigenvalue weighted by molar-refractivity contribution is 7.88. The van der Waals surface area contributed by atoms with Gasteiger partial charge in [0.1, 0.15) is 19.0 Å². The first kappa shape index (κ1) is 37.9. The lowest BCUT2D eigenvalue weighted by Crippen LogP contribution is -2.61. The highest BCUT2D eigenvalue weighted by atomic mass is 32.2. The number of esters is 2. The Kier molecular flexibility index (Phi) is 12.4. The van der Waals surface area contributed by atoms with E-state index in [0.29, 0.717) is 24.1 Å². The zero-order chi connectivity index (χ0) is 33.5. The normalized spacial score (nSPS) is 13.3. The molecule has 0 atom stereocenters. The first-order valence-corrected chi connectivity index (χ1v) is 15.0. The maximum Gasteiger partial charge on any atom is 0.450 e. The van der Waals surface area contributed by atoms with Gasteiger partial charge < -0.3 is 23.5 Å². The van der Waals surface area contributed by atoms with Gasteiger partial charge in [0, 0.05) is 13.0 Å². The molecule has 0 fully saturated rings. The van der Waals surface area contributed by atoms with Crippen molar-refractivity contribution in [2.75, 3.05) is 19.8 Å². The SMILES string of the molecule is CCC(C)(C)C(=O)OCCOC(=O)CCC(=O)NCCc1ccc(OS(=O)(=O)C(F)(F)C(F)(F)C(F)(F)S(=O)(=O)[O-])cc1. The van der Waals surface area contributed by atoms with E-state index in [1.807, 2.05) is 6.92 Å². The van der Waals surface area contributed by atoms with Crippen LogP contribution in [0.1, 0.15) is 45.6 Å². The van der Waals surface area contributed by atoms with Crippen LogP contribution in [0.15, 0.2) is 24.3 Å². The lowest BCUT2D eigenvalue weighted by Gasteiger charge is -2.32.